The number of anilines is 1. The second-order valence-electron chi connectivity index (χ2n) is 4.92. The highest BCUT2D eigenvalue weighted by molar-refractivity contribution is 7.08. The number of aromatic nitrogens is 3. The topological polar surface area (TPSA) is 71.8 Å². The van der Waals surface area contributed by atoms with Crippen LogP contribution in [0.4, 0.5) is 5.69 Å². The van der Waals surface area contributed by atoms with Crippen LogP contribution in [0.25, 0.3) is 0 Å². The molecule has 1 aliphatic rings. The Balaban J connectivity index is 0.00000161. The van der Waals surface area contributed by atoms with E-state index in [9.17, 15) is 4.79 Å². The van der Waals surface area contributed by atoms with E-state index >= 15 is 0 Å². The van der Waals surface area contributed by atoms with Crippen LogP contribution in [-0.2, 0) is 0 Å². The Bertz CT molecular complexity index is 592. The normalized spacial score (nSPS) is 15.5. The summed E-state index contributed by atoms with van der Waals surface area (Å²) in [5.41, 5.74) is 2.05. The van der Waals surface area contributed by atoms with Gasteiger partial charge in [-0.1, -0.05) is 5.21 Å². The third-order valence-electron chi connectivity index (χ3n) is 3.58. The van der Waals surface area contributed by atoms with E-state index in [1.165, 1.54) is 0 Å². The maximum Gasteiger partial charge on any atom is 0.278 e. The van der Waals surface area contributed by atoms with Gasteiger partial charge in [-0.2, -0.15) is 11.3 Å². The number of halogens is 1. The SMILES string of the molecule is Cc1c(C(=O)Nc2ccsc2)nnn1C1CCNCC1.Cl. The maximum absolute atomic E-state index is 12.2. The summed E-state index contributed by atoms with van der Waals surface area (Å²) in [5, 5.41) is 18.2. The predicted octanol–water partition coefficient (Wildman–Crippen LogP) is 2.25. The first-order chi connectivity index (χ1) is 9.75. The highest BCUT2D eigenvalue weighted by Crippen LogP contribution is 2.21. The number of amides is 1. The third-order valence-corrected chi connectivity index (χ3v) is 4.26. The summed E-state index contributed by atoms with van der Waals surface area (Å²) in [7, 11) is 0. The molecule has 0 aliphatic carbocycles. The quantitative estimate of drug-likeness (QED) is 0.907. The van der Waals surface area contributed by atoms with Gasteiger partial charge in [0.15, 0.2) is 5.69 Å². The Labute approximate surface area is 133 Å². The fourth-order valence-corrected chi connectivity index (χ4v) is 3.06. The molecule has 6 nitrogen and oxygen atoms in total. The van der Waals surface area contributed by atoms with E-state index in [1.807, 2.05) is 28.4 Å². The molecule has 0 aromatic carbocycles. The fraction of sp³-hybridized carbons (Fsp3) is 0.462. The lowest BCUT2D eigenvalue weighted by Crippen LogP contribution is -2.30. The molecule has 2 aromatic heterocycles. The number of nitrogens with zero attached hydrogens (tertiary/aromatic N) is 3. The molecule has 3 rings (SSSR count). The highest BCUT2D eigenvalue weighted by Gasteiger charge is 2.22. The summed E-state index contributed by atoms with van der Waals surface area (Å²) >= 11 is 1.55. The van der Waals surface area contributed by atoms with Crippen molar-refractivity contribution in [2.75, 3.05) is 18.4 Å². The van der Waals surface area contributed by atoms with Crippen molar-refractivity contribution in [3.8, 4) is 0 Å². The van der Waals surface area contributed by atoms with Gasteiger partial charge >= 0.3 is 0 Å². The van der Waals surface area contributed by atoms with Crippen molar-refractivity contribution >= 4 is 35.3 Å². The van der Waals surface area contributed by atoms with Gasteiger partial charge in [0.25, 0.3) is 5.91 Å². The van der Waals surface area contributed by atoms with Crippen LogP contribution in [0, 0.1) is 6.92 Å². The molecule has 2 aromatic rings. The molecule has 1 amide bonds. The average Bonchev–Trinajstić information content (AvgIpc) is 3.09. The van der Waals surface area contributed by atoms with E-state index in [0.717, 1.165) is 37.3 Å². The second kappa shape index (κ2) is 7.02. The van der Waals surface area contributed by atoms with Crippen LogP contribution in [0.15, 0.2) is 16.8 Å². The summed E-state index contributed by atoms with van der Waals surface area (Å²) < 4.78 is 1.89. The number of rotatable bonds is 3. The Morgan fingerprint density at radius 3 is 2.90 bits per heavy atom. The van der Waals surface area contributed by atoms with Gasteiger partial charge in [0.1, 0.15) is 0 Å². The number of hydrogen-bond donors (Lipinski definition) is 2. The van der Waals surface area contributed by atoms with Gasteiger partial charge in [-0.3, -0.25) is 4.79 Å². The molecule has 0 saturated carbocycles. The molecule has 1 aliphatic heterocycles. The number of carbonyl (C=O) groups excluding carboxylic acids is 1. The van der Waals surface area contributed by atoms with E-state index < -0.39 is 0 Å². The molecule has 3 heterocycles. The van der Waals surface area contributed by atoms with Crippen molar-refractivity contribution in [2.45, 2.75) is 25.8 Å². The zero-order valence-electron chi connectivity index (χ0n) is 11.7. The summed E-state index contributed by atoms with van der Waals surface area (Å²) in [4.78, 5) is 12.2. The summed E-state index contributed by atoms with van der Waals surface area (Å²) in [5.74, 6) is -0.193. The largest absolute Gasteiger partial charge is 0.320 e. The molecule has 0 unspecified atom stereocenters. The average molecular weight is 328 g/mol. The minimum Gasteiger partial charge on any atom is -0.320 e. The van der Waals surface area contributed by atoms with Crippen molar-refractivity contribution < 1.29 is 4.79 Å². The molecule has 0 spiro atoms. The number of thiophene rings is 1. The molecule has 0 radical (unpaired) electrons. The van der Waals surface area contributed by atoms with E-state index in [-0.39, 0.29) is 18.3 Å². The van der Waals surface area contributed by atoms with Gasteiger partial charge in [0, 0.05) is 5.38 Å². The first-order valence-electron chi connectivity index (χ1n) is 6.72. The van der Waals surface area contributed by atoms with E-state index in [1.54, 1.807) is 11.3 Å². The van der Waals surface area contributed by atoms with Gasteiger partial charge in [0.05, 0.1) is 17.4 Å². The number of hydrogen-bond acceptors (Lipinski definition) is 5. The maximum atomic E-state index is 12.2. The van der Waals surface area contributed by atoms with E-state index in [0.29, 0.717) is 11.7 Å². The third kappa shape index (κ3) is 3.42. The van der Waals surface area contributed by atoms with Crippen LogP contribution in [-0.4, -0.2) is 34.0 Å². The lowest BCUT2D eigenvalue weighted by Gasteiger charge is -2.23. The summed E-state index contributed by atoms with van der Waals surface area (Å²) in [6.07, 6.45) is 2.05. The van der Waals surface area contributed by atoms with E-state index in [4.69, 9.17) is 0 Å². The zero-order chi connectivity index (χ0) is 13.9. The Morgan fingerprint density at radius 2 is 2.24 bits per heavy atom. The zero-order valence-corrected chi connectivity index (χ0v) is 13.3. The molecular formula is C13H18ClN5OS. The van der Waals surface area contributed by atoms with Crippen LogP contribution < -0.4 is 10.6 Å². The predicted molar refractivity (Wildman–Crippen MR) is 85.4 cm³/mol. The van der Waals surface area contributed by atoms with Crippen LogP contribution in [0.3, 0.4) is 0 Å². The van der Waals surface area contributed by atoms with Crippen molar-refractivity contribution in [1.29, 1.82) is 0 Å². The van der Waals surface area contributed by atoms with Crippen LogP contribution in [0.1, 0.15) is 35.1 Å². The highest BCUT2D eigenvalue weighted by atomic mass is 35.5. The van der Waals surface area contributed by atoms with Crippen molar-refractivity contribution in [2.24, 2.45) is 0 Å². The number of carbonyl (C=O) groups is 1. The van der Waals surface area contributed by atoms with Crippen LogP contribution in [0.2, 0.25) is 0 Å². The van der Waals surface area contributed by atoms with Crippen molar-refractivity contribution in [3.05, 3.63) is 28.2 Å². The standard InChI is InChI=1S/C13H17N5OS.ClH/c1-9-12(13(19)15-10-4-7-20-8-10)16-17-18(9)11-2-5-14-6-3-11;/h4,7-8,11,14H,2-3,5-6H2,1H3,(H,15,19);1H. The summed E-state index contributed by atoms with van der Waals surface area (Å²) in [6.45, 7) is 3.88. The molecule has 2 N–H and O–H groups in total. The van der Waals surface area contributed by atoms with Crippen molar-refractivity contribution in [1.82, 2.24) is 20.3 Å². The number of piperidine rings is 1. The van der Waals surface area contributed by atoms with Crippen molar-refractivity contribution in [3.63, 3.8) is 0 Å². The first-order valence-corrected chi connectivity index (χ1v) is 7.66. The molecule has 8 heteroatoms. The molecule has 0 atom stereocenters. The van der Waals surface area contributed by atoms with E-state index in [2.05, 4.69) is 20.9 Å². The van der Waals surface area contributed by atoms with Gasteiger partial charge in [0.2, 0.25) is 0 Å². The molecule has 114 valence electrons. The Kier molecular flexibility index (Phi) is 5.33. The molecule has 1 fully saturated rings. The van der Waals surface area contributed by atoms with Crippen LogP contribution in [0.5, 0.6) is 0 Å². The van der Waals surface area contributed by atoms with Gasteiger partial charge < -0.3 is 10.6 Å². The summed E-state index contributed by atoms with van der Waals surface area (Å²) in [6, 6.07) is 2.21. The van der Waals surface area contributed by atoms with Gasteiger partial charge in [-0.05, 0) is 44.3 Å². The second-order valence-corrected chi connectivity index (χ2v) is 5.70. The lowest BCUT2D eigenvalue weighted by atomic mass is 10.1. The van der Waals surface area contributed by atoms with Gasteiger partial charge in [-0.15, -0.1) is 17.5 Å². The fourth-order valence-electron chi connectivity index (χ4n) is 2.47. The van der Waals surface area contributed by atoms with Gasteiger partial charge in [-0.25, -0.2) is 4.68 Å². The van der Waals surface area contributed by atoms with Crippen LogP contribution >= 0.6 is 23.7 Å². The molecule has 1 saturated heterocycles. The Hall–Kier alpha value is -1.44. The minimum absolute atomic E-state index is 0. The molecular weight excluding hydrogens is 310 g/mol. The Morgan fingerprint density at radius 1 is 1.48 bits per heavy atom. The monoisotopic (exact) mass is 327 g/mol. The smallest absolute Gasteiger partial charge is 0.278 e. The minimum atomic E-state index is -0.193. The lowest BCUT2D eigenvalue weighted by molar-refractivity contribution is 0.102. The molecule has 0 bridgehead atoms. The first kappa shape index (κ1) is 15.9. The number of nitrogens with one attached hydrogen (secondary N) is 2. The molecule has 21 heavy (non-hydrogen) atoms.